The van der Waals surface area contributed by atoms with E-state index in [4.69, 9.17) is 0 Å². The van der Waals surface area contributed by atoms with E-state index < -0.39 is 0 Å². The molecule has 1 aliphatic rings. The van der Waals surface area contributed by atoms with Gasteiger partial charge in [-0.1, -0.05) is 6.08 Å². The SMILES string of the molecule is CNC1=C(C=CC(C)=O)C(NC)(NC)CCC1. The number of carbonyl (C=O) groups excluding carboxylic acids is 1. The minimum atomic E-state index is -0.234. The number of rotatable bonds is 5. The van der Waals surface area contributed by atoms with Crippen molar-refractivity contribution in [2.45, 2.75) is 31.8 Å². The highest BCUT2D eigenvalue weighted by atomic mass is 16.1. The monoisotopic (exact) mass is 237 g/mol. The van der Waals surface area contributed by atoms with Crippen LogP contribution in [-0.4, -0.2) is 32.6 Å². The molecule has 0 aromatic rings. The fourth-order valence-corrected chi connectivity index (χ4v) is 2.40. The van der Waals surface area contributed by atoms with Crippen LogP contribution in [0.2, 0.25) is 0 Å². The molecule has 1 rings (SSSR count). The van der Waals surface area contributed by atoms with E-state index in [2.05, 4.69) is 16.0 Å². The van der Waals surface area contributed by atoms with Crippen LogP contribution in [0.3, 0.4) is 0 Å². The van der Waals surface area contributed by atoms with Crippen LogP contribution in [0.1, 0.15) is 26.2 Å². The molecule has 0 bridgehead atoms. The fraction of sp³-hybridized carbons (Fsp3) is 0.615. The van der Waals surface area contributed by atoms with Gasteiger partial charge in [-0.2, -0.15) is 0 Å². The van der Waals surface area contributed by atoms with Gasteiger partial charge in [0.05, 0.1) is 5.66 Å². The molecule has 1 aliphatic carbocycles. The summed E-state index contributed by atoms with van der Waals surface area (Å²) in [5, 5.41) is 9.91. The molecule has 0 saturated heterocycles. The average molecular weight is 237 g/mol. The van der Waals surface area contributed by atoms with Crippen molar-refractivity contribution < 1.29 is 4.79 Å². The maximum atomic E-state index is 11.1. The normalized spacial score (nSPS) is 19.8. The third kappa shape index (κ3) is 2.96. The van der Waals surface area contributed by atoms with Crippen molar-refractivity contribution >= 4 is 5.78 Å². The maximum absolute atomic E-state index is 11.1. The lowest BCUT2D eigenvalue weighted by molar-refractivity contribution is -0.112. The highest BCUT2D eigenvalue weighted by Gasteiger charge is 2.34. The third-order valence-corrected chi connectivity index (χ3v) is 3.40. The predicted octanol–water partition coefficient (Wildman–Crippen LogP) is 0.924. The second-order valence-corrected chi connectivity index (χ2v) is 4.35. The lowest BCUT2D eigenvalue weighted by atomic mass is 9.84. The van der Waals surface area contributed by atoms with Gasteiger partial charge in [0.2, 0.25) is 0 Å². The molecule has 0 aliphatic heterocycles. The van der Waals surface area contributed by atoms with Crippen LogP contribution in [0, 0.1) is 0 Å². The first-order valence-electron chi connectivity index (χ1n) is 6.07. The zero-order chi connectivity index (χ0) is 12.9. The molecule has 0 unspecified atom stereocenters. The Morgan fingerprint density at radius 3 is 2.41 bits per heavy atom. The van der Waals surface area contributed by atoms with Crippen molar-refractivity contribution in [2.24, 2.45) is 0 Å². The summed E-state index contributed by atoms with van der Waals surface area (Å²) in [7, 11) is 5.81. The topological polar surface area (TPSA) is 53.2 Å². The van der Waals surface area contributed by atoms with Gasteiger partial charge < -0.3 is 5.32 Å². The minimum absolute atomic E-state index is 0.0691. The summed E-state index contributed by atoms with van der Waals surface area (Å²) in [5.74, 6) is 0.0691. The van der Waals surface area contributed by atoms with Gasteiger partial charge in [-0.25, -0.2) is 0 Å². The van der Waals surface area contributed by atoms with Crippen molar-refractivity contribution in [1.29, 1.82) is 0 Å². The van der Waals surface area contributed by atoms with Crippen molar-refractivity contribution in [3.05, 3.63) is 23.4 Å². The van der Waals surface area contributed by atoms with Crippen LogP contribution in [0.4, 0.5) is 0 Å². The first kappa shape index (κ1) is 13.9. The molecule has 0 heterocycles. The Hall–Kier alpha value is -1.13. The first-order chi connectivity index (χ1) is 8.09. The van der Waals surface area contributed by atoms with Crippen molar-refractivity contribution in [2.75, 3.05) is 21.1 Å². The lowest BCUT2D eigenvalue weighted by Gasteiger charge is -2.39. The molecule has 0 saturated carbocycles. The van der Waals surface area contributed by atoms with Gasteiger partial charge in [0, 0.05) is 18.3 Å². The fourth-order valence-electron chi connectivity index (χ4n) is 2.40. The number of ketones is 1. The van der Waals surface area contributed by atoms with Crippen molar-refractivity contribution in [1.82, 2.24) is 16.0 Å². The van der Waals surface area contributed by atoms with Crippen molar-refractivity contribution in [3.8, 4) is 0 Å². The molecule has 0 spiro atoms. The Morgan fingerprint density at radius 2 is 1.94 bits per heavy atom. The van der Waals surface area contributed by atoms with E-state index in [0.717, 1.165) is 24.8 Å². The van der Waals surface area contributed by atoms with Crippen LogP contribution < -0.4 is 16.0 Å². The highest BCUT2D eigenvalue weighted by Crippen LogP contribution is 2.31. The second kappa shape index (κ2) is 5.98. The number of allylic oxidation sites excluding steroid dienone is 2. The molecule has 4 heteroatoms. The number of likely N-dealkylation sites (N-methyl/N-ethyl adjacent to an activating group) is 2. The Balaban J connectivity index is 3.17. The highest BCUT2D eigenvalue weighted by molar-refractivity contribution is 5.87. The molecular formula is C13H23N3O. The number of nitrogens with one attached hydrogen (secondary N) is 3. The summed E-state index contributed by atoms with van der Waals surface area (Å²) in [6.07, 6.45) is 6.71. The van der Waals surface area contributed by atoms with Gasteiger partial charge in [-0.3, -0.25) is 15.4 Å². The Bertz CT molecular complexity index is 341. The van der Waals surface area contributed by atoms with Crippen LogP contribution in [0.15, 0.2) is 23.4 Å². The van der Waals surface area contributed by atoms with E-state index in [0.29, 0.717) is 0 Å². The average Bonchev–Trinajstić information content (AvgIpc) is 2.35. The molecule has 0 fully saturated rings. The molecule has 96 valence electrons. The minimum Gasteiger partial charge on any atom is -0.391 e. The molecule has 0 atom stereocenters. The zero-order valence-electron chi connectivity index (χ0n) is 11.2. The van der Waals surface area contributed by atoms with E-state index in [9.17, 15) is 4.79 Å². The Kier molecular flexibility index (Phi) is 4.90. The van der Waals surface area contributed by atoms with Gasteiger partial charge in [0.1, 0.15) is 0 Å². The van der Waals surface area contributed by atoms with Crippen LogP contribution >= 0.6 is 0 Å². The molecule has 0 aromatic carbocycles. The van der Waals surface area contributed by atoms with Gasteiger partial charge in [0.25, 0.3) is 0 Å². The molecule has 0 aromatic heterocycles. The summed E-state index contributed by atoms with van der Waals surface area (Å²) in [4.78, 5) is 11.1. The summed E-state index contributed by atoms with van der Waals surface area (Å²) in [6, 6.07) is 0. The summed E-state index contributed by atoms with van der Waals surface area (Å²) >= 11 is 0. The van der Waals surface area contributed by atoms with E-state index in [1.54, 1.807) is 13.0 Å². The molecule has 3 N–H and O–H groups in total. The van der Waals surface area contributed by atoms with E-state index in [-0.39, 0.29) is 11.4 Å². The van der Waals surface area contributed by atoms with Crippen LogP contribution in [-0.2, 0) is 4.79 Å². The number of hydrogen-bond acceptors (Lipinski definition) is 4. The Morgan fingerprint density at radius 1 is 1.29 bits per heavy atom. The van der Waals surface area contributed by atoms with Gasteiger partial charge >= 0.3 is 0 Å². The summed E-state index contributed by atoms with van der Waals surface area (Å²) < 4.78 is 0. The molecule has 17 heavy (non-hydrogen) atoms. The molecular weight excluding hydrogens is 214 g/mol. The zero-order valence-corrected chi connectivity index (χ0v) is 11.2. The quantitative estimate of drug-likeness (QED) is 0.492. The first-order valence-corrected chi connectivity index (χ1v) is 6.07. The summed E-state index contributed by atoms with van der Waals surface area (Å²) in [5.41, 5.74) is 2.09. The number of carbonyl (C=O) groups is 1. The standard InChI is InChI=1S/C13H23N3O/c1-10(17)7-8-11-12(14-2)6-5-9-13(11,15-3)16-4/h7-8,14-16H,5-6,9H2,1-4H3. The molecule has 0 radical (unpaired) electrons. The third-order valence-electron chi connectivity index (χ3n) is 3.40. The van der Waals surface area contributed by atoms with Crippen LogP contribution in [0.5, 0.6) is 0 Å². The molecule has 4 nitrogen and oxygen atoms in total. The summed E-state index contributed by atoms with van der Waals surface area (Å²) in [6.45, 7) is 1.57. The van der Waals surface area contributed by atoms with E-state index in [1.807, 2.05) is 27.2 Å². The smallest absolute Gasteiger partial charge is 0.152 e. The van der Waals surface area contributed by atoms with E-state index >= 15 is 0 Å². The molecule has 0 amide bonds. The van der Waals surface area contributed by atoms with E-state index in [1.165, 1.54) is 5.70 Å². The Labute approximate surface area is 104 Å². The number of hydrogen-bond donors (Lipinski definition) is 3. The second-order valence-electron chi connectivity index (χ2n) is 4.35. The van der Waals surface area contributed by atoms with Gasteiger partial charge in [0.15, 0.2) is 5.78 Å². The largest absolute Gasteiger partial charge is 0.391 e. The lowest BCUT2D eigenvalue weighted by Crippen LogP contribution is -2.57. The van der Waals surface area contributed by atoms with Gasteiger partial charge in [-0.05, 0) is 46.4 Å². The van der Waals surface area contributed by atoms with Crippen LogP contribution in [0.25, 0.3) is 0 Å². The predicted molar refractivity (Wildman–Crippen MR) is 70.6 cm³/mol. The van der Waals surface area contributed by atoms with Gasteiger partial charge in [-0.15, -0.1) is 0 Å². The van der Waals surface area contributed by atoms with Crippen molar-refractivity contribution in [3.63, 3.8) is 0 Å². The maximum Gasteiger partial charge on any atom is 0.152 e.